The van der Waals surface area contributed by atoms with Gasteiger partial charge in [-0.3, -0.25) is 14.8 Å². The van der Waals surface area contributed by atoms with Crippen LogP contribution in [0, 0.1) is 5.41 Å². The molecule has 0 saturated heterocycles. The number of aldehydes is 1. The highest BCUT2D eigenvalue weighted by Gasteiger charge is 2.32. The summed E-state index contributed by atoms with van der Waals surface area (Å²) in [6.45, 7) is 7.49. The van der Waals surface area contributed by atoms with Crippen LogP contribution in [-0.2, 0) is 19.4 Å². The summed E-state index contributed by atoms with van der Waals surface area (Å²) in [7, 11) is 2.02. The first-order valence-electron chi connectivity index (χ1n) is 10.3. The van der Waals surface area contributed by atoms with Crippen LogP contribution in [0.5, 0.6) is 0 Å². The highest BCUT2D eigenvalue weighted by Crippen LogP contribution is 2.40. The predicted octanol–water partition coefficient (Wildman–Crippen LogP) is 4.00. The van der Waals surface area contributed by atoms with Crippen molar-refractivity contribution in [2.45, 2.75) is 65.5 Å². The van der Waals surface area contributed by atoms with Gasteiger partial charge in [0.25, 0.3) is 0 Å². The lowest BCUT2D eigenvalue weighted by atomic mass is 9.89. The monoisotopic (exact) mass is 383 g/mol. The Morgan fingerprint density at radius 3 is 2.82 bits per heavy atom. The average Bonchev–Trinajstić information content (AvgIpc) is 3.17. The van der Waals surface area contributed by atoms with Gasteiger partial charge in [-0.1, -0.05) is 45.7 Å². The second-order valence-corrected chi connectivity index (χ2v) is 8.97. The van der Waals surface area contributed by atoms with Crippen LogP contribution in [0.25, 0.3) is 11.3 Å². The summed E-state index contributed by atoms with van der Waals surface area (Å²) in [6, 6.07) is 6.09. The molecule has 1 aliphatic rings. The number of benzene rings is 1. The van der Waals surface area contributed by atoms with Crippen LogP contribution in [0.4, 0.5) is 0 Å². The number of H-pyrrole nitrogens is 1. The molecule has 0 unspecified atom stereocenters. The van der Waals surface area contributed by atoms with Crippen LogP contribution in [-0.4, -0.2) is 46.2 Å². The Hall–Kier alpha value is -1.98. The second kappa shape index (κ2) is 8.58. The van der Waals surface area contributed by atoms with E-state index in [0.29, 0.717) is 12.1 Å². The Morgan fingerprint density at radius 2 is 2.14 bits per heavy atom. The van der Waals surface area contributed by atoms with Gasteiger partial charge in [-0.25, -0.2) is 0 Å². The van der Waals surface area contributed by atoms with E-state index in [9.17, 15) is 9.90 Å². The molecule has 2 aromatic rings. The first-order valence-corrected chi connectivity index (χ1v) is 10.3. The molecule has 0 spiro atoms. The third kappa shape index (κ3) is 4.36. The topological polar surface area (TPSA) is 69.2 Å². The Balaban J connectivity index is 1.87. The fourth-order valence-electron chi connectivity index (χ4n) is 4.29. The van der Waals surface area contributed by atoms with E-state index in [1.54, 1.807) is 0 Å². The van der Waals surface area contributed by atoms with E-state index in [1.165, 1.54) is 11.3 Å². The van der Waals surface area contributed by atoms with Crippen molar-refractivity contribution >= 4 is 6.29 Å². The number of unbranched alkanes of at least 4 members (excludes halogenated alkanes) is 1. The number of aliphatic hydroxyl groups excluding tert-OH is 1. The van der Waals surface area contributed by atoms with Gasteiger partial charge in [0.15, 0.2) is 0 Å². The van der Waals surface area contributed by atoms with Crippen molar-refractivity contribution in [1.29, 1.82) is 0 Å². The lowest BCUT2D eigenvalue weighted by Gasteiger charge is -2.27. The van der Waals surface area contributed by atoms with E-state index in [0.717, 1.165) is 55.2 Å². The molecule has 1 aliphatic carbocycles. The Morgan fingerprint density at radius 1 is 1.36 bits per heavy atom. The number of rotatable bonds is 9. The average molecular weight is 384 g/mol. The number of carbonyl (C=O) groups is 1. The molecule has 0 aliphatic heterocycles. The summed E-state index contributed by atoms with van der Waals surface area (Å²) in [5.41, 5.74) is 6.55. The minimum Gasteiger partial charge on any atom is -0.395 e. The molecule has 0 bridgehead atoms. The molecular formula is C23H33N3O2. The summed E-state index contributed by atoms with van der Waals surface area (Å²) in [5, 5.41) is 17.6. The number of hydrogen-bond donors (Lipinski definition) is 2. The van der Waals surface area contributed by atoms with E-state index in [4.69, 9.17) is 0 Å². The van der Waals surface area contributed by atoms with Crippen molar-refractivity contribution in [2.24, 2.45) is 5.41 Å². The van der Waals surface area contributed by atoms with E-state index in [2.05, 4.69) is 41.9 Å². The van der Waals surface area contributed by atoms with Gasteiger partial charge in [0.05, 0.1) is 12.3 Å². The molecule has 1 aromatic carbocycles. The van der Waals surface area contributed by atoms with Gasteiger partial charge in [0.2, 0.25) is 0 Å². The molecule has 28 heavy (non-hydrogen) atoms. The number of fused-ring (bicyclic) bond motifs is 1. The van der Waals surface area contributed by atoms with Crippen LogP contribution in [0.3, 0.4) is 0 Å². The van der Waals surface area contributed by atoms with Gasteiger partial charge >= 0.3 is 0 Å². The molecule has 0 fully saturated rings. The Kier molecular flexibility index (Phi) is 6.36. The highest BCUT2D eigenvalue weighted by atomic mass is 16.3. The van der Waals surface area contributed by atoms with E-state index in [-0.39, 0.29) is 18.1 Å². The minimum absolute atomic E-state index is 0.110. The van der Waals surface area contributed by atoms with Crippen molar-refractivity contribution in [3.63, 3.8) is 0 Å². The first-order chi connectivity index (χ1) is 13.4. The zero-order valence-corrected chi connectivity index (χ0v) is 17.6. The van der Waals surface area contributed by atoms with E-state index < -0.39 is 0 Å². The summed E-state index contributed by atoms with van der Waals surface area (Å²) in [4.78, 5) is 13.8. The van der Waals surface area contributed by atoms with Crippen molar-refractivity contribution in [2.75, 3.05) is 13.7 Å². The van der Waals surface area contributed by atoms with Crippen LogP contribution in [0.15, 0.2) is 18.2 Å². The van der Waals surface area contributed by atoms with Crippen molar-refractivity contribution in [3.8, 4) is 11.3 Å². The quantitative estimate of drug-likeness (QED) is 0.642. The smallest absolute Gasteiger partial charge is 0.150 e. The van der Waals surface area contributed by atoms with Gasteiger partial charge in [-0.05, 0) is 43.4 Å². The summed E-state index contributed by atoms with van der Waals surface area (Å²) >= 11 is 0. The molecule has 0 saturated carbocycles. The zero-order valence-electron chi connectivity index (χ0n) is 17.6. The molecule has 2 N–H and O–H groups in total. The number of aromatic amines is 1. The molecule has 0 amide bonds. The molecule has 1 atom stereocenters. The van der Waals surface area contributed by atoms with Crippen LogP contribution >= 0.6 is 0 Å². The number of likely N-dealkylation sites (N-methyl/N-ethyl adjacent to an activating group) is 1. The molecule has 0 radical (unpaired) electrons. The maximum absolute atomic E-state index is 11.6. The lowest BCUT2D eigenvalue weighted by Crippen LogP contribution is -2.34. The lowest BCUT2D eigenvalue weighted by molar-refractivity contribution is 0.111. The summed E-state index contributed by atoms with van der Waals surface area (Å²) in [6.07, 6.45) is 6.12. The standard InChI is InChI=1S/C23H33N3O2/c1-5-6-7-19(15-28)26(4)13-18-10-16(8-9-17(18)14-27)22-20-11-23(2,3)12-21(20)24-25-22/h8-10,14,19,28H,5-7,11-13,15H2,1-4H3,(H,24,25)/t19-/m0/s1. The second-order valence-electron chi connectivity index (χ2n) is 8.97. The van der Waals surface area contributed by atoms with Crippen LogP contribution < -0.4 is 0 Å². The normalized spacial score (nSPS) is 16.4. The SMILES string of the molecule is CCCC[C@@H](CO)N(C)Cc1cc(-c2n[nH]c3c2CC(C)(C)C3)ccc1C=O. The maximum atomic E-state index is 11.6. The van der Waals surface area contributed by atoms with Gasteiger partial charge < -0.3 is 5.11 Å². The maximum Gasteiger partial charge on any atom is 0.150 e. The molecule has 1 aromatic heterocycles. The first kappa shape index (κ1) is 20.7. The van der Waals surface area contributed by atoms with Gasteiger partial charge in [0.1, 0.15) is 6.29 Å². The summed E-state index contributed by atoms with van der Waals surface area (Å²) in [5.74, 6) is 0. The predicted molar refractivity (Wildman–Crippen MR) is 112 cm³/mol. The van der Waals surface area contributed by atoms with Crippen molar-refractivity contribution in [1.82, 2.24) is 15.1 Å². The molecule has 152 valence electrons. The highest BCUT2D eigenvalue weighted by molar-refractivity contribution is 5.80. The number of hydrogen-bond acceptors (Lipinski definition) is 4. The van der Waals surface area contributed by atoms with Crippen molar-refractivity contribution in [3.05, 3.63) is 40.6 Å². The number of aromatic nitrogens is 2. The number of nitrogens with zero attached hydrogens (tertiary/aromatic N) is 2. The van der Waals surface area contributed by atoms with E-state index in [1.807, 2.05) is 19.2 Å². The summed E-state index contributed by atoms with van der Waals surface area (Å²) < 4.78 is 0. The fourth-order valence-corrected chi connectivity index (χ4v) is 4.29. The largest absolute Gasteiger partial charge is 0.395 e. The van der Waals surface area contributed by atoms with Gasteiger partial charge in [-0.15, -0.1) is 0 Å². The van der Waals surface area contributed by atoms with Gasteiger partial charge in [0, 0.05) is 35.0 Å². The molecule has 5 nitrogen and oxygen atoms in total. The zero-order chi connectivity index (χ0) is 20.3. The molecule has 1 heterocycles. The van der Waals surface area contributed by atoms with E-state index >= 15 is 0 Å². The minimum atomic E-state index is 0.110. The number of aliphatic hydroxyl groups is 1. The van der Waals surface area contributed by atoms with Crippen molar-refractivity contribution < 1.29 is 9.90 Å². The number of nitrogens with one attached hydrogen (secondary N) is 1. The van der Waals surface area contributed by atoms with Gasteiger partial charge in [-0.2, -0.15) is 5.10 Å². The van der Waals surface area contributed by atoms with Crippen LogP contribution in [0.1, 0.15) is 67.2 Å². The third-order valence-electron chi connectivity index (χ3n) is 5.95. The Labute approximate surface area is 168 Å². The molecular weight excluding hydrogens is 350 g/mol. The Bertz CT molecular complexity index is 825. The molecule has 3 rings (SSSR count). The third-order valence-corrected chi connectivity index (χ3v) is 5.95. The fraction of sp³-hybridized carbons (Fsp3) is 0.565. The molecule has 5 heteroatoms. The number of carbonyl (C=O) groups excluding carboxylic acids is 1. The van der Waals surface area contributed by atoms with Crippen LogP contribution in [0.2, 0.25) is 0 Å².